The van der Waals surface area contributed by atoms with Crippen LogP contribution in [0.15, 0.2) is 35.7 Å². The SMILES string of the molecule is Cc1cc(N(CCCO)c2nc(C(=O)O)cs2)nnc1Nc1nc2ccccc2s1. The molecule has 1 aromatic carbocycles. The third kappa shape index (κ3) is 4.22. The lowest BCUT2D eigenvalue weighted by Crippen LogP contribution is -2.21. The Morgan fingerprint density at radius 3 is 2.77 bits per heavy atom. The summed E-state index contributed by atoms with van der Waals surface area (Å²) in [6, 6.07) is 9.73. The second kappa shape index (κ2) is 8.69. The summed E-state index contributed by atoms with van der Waals surface area (Å²) in [5.41, 5.74) is 1.74. The van der Waals surface area contributed by atoms with E-state index in [2.05, 4.69) is 25.5 Å². The van der Waals surface area contributed by atoms with E-state index in [0.29, 0.717) is 29.7 Å². The summed E-state index contributed by atoms with van der Waals surface area (Å²) in [5.74, 6) is 0.0321. The van der Waals surface area contributed by atoms with Crippen LogP contribution < -0.4 is 10.2 Å². The maximum Gasteiger partial charge on any atom is 0.355 e. The number of aromatic nitrogens is 4. The fraction of sp³-hybridized carbons (Fsp3) is 0.211. The van der Waals surface area contributed by atoms with Crippen molar-refractivity contribution in [3.8, 4) is 0 Å². The molecule has 9 nitrogen and oxygen atoms in total. The van der Waals surface area contributed by atoms with E-state index in [1.54, 1.807) is 4.90 Å². The Kier molecular flexibility index (Phi) is 5.84. The number of aryl methyl sites for hydroxylation is 1. The van der Waals surface area contributed by atoms with Crippen LogP contribution in [0.3, 0.4) is 0 Å². The average Bonchev–Trinajstić information content (AvgIpc) is 3.37. The summed E-state index contributed by atoms with van der Waals surface area (Å²) in [5, 5.41) is 32.9. The van der Waals surface area contributed by atoms with Crippen molar-refractivity contribution in [3.05, 3.63) is 47.0 Å². The van der Waals surface area contributed by atoms with Crippen LogP contribution in [0.1, 0.15) is 22.5 Å². The number of hydrogen-bond acceptors (Lipinski definition) is 10. The number of nitrogens with zero attached hydrogens (tertiary/aromatic N) is 5. The number of carboxylic acids is 1. The Labute approximate surface area is 179 Å². The van der Waals surface area contributed by atoms with Crippen LogP contribution >= 0.6 is 22.7 Å². The van der Waals surface area contributed by atoms with Crippen LogP contribution in [0.4, 0.5) is 21.9 Å². The topological polar surface area (TPSA) is 124 Å². The van der Waals surface area contributed by atoms with E-state index in [9.17, 15) is 9.90 Å². The number of hydrogen-bond donors (Lipinski definition) is 3. The first-order chi connectivity index (χ1) is 14.5. The highest BCUT2D eigenvalue weighted by Crippen LogP contribution is 2.31. The van der Waals surface area contributed by atoms with E-state index in [1.165, 1.54) is 28.1 Å². The molecule has 4 rings (SSSR count). The molecule has 3 N–H and O–H groups in total. The van der Waals surface area contributed by atoms with Gasteiger partial charge in [0.15, 0.2) is 27.6 Å². The lowest BCUT2D eigenvalue weighted by molar-refractivity contribution is 0.0691. The number of nitrogens with one attached hydrogen (secondary N) is 1. The van der Waals surface area contributed by atoms with Gasteiger partial charge in [-0.25, -0.2) is 14.8 Å². The van der Waals surface area contributed by atoms with Crippen molar-refractivity contribution in [3.63, 3.8) is 0 Å². The Balaban J connectivity index is 1.60. The summed E-state index contributed by atoms with van der Waals surface area (Å²) >= 11 is 2.74. The summed E-state index contributed by atoms with van der Waals surface area (Å²) in [4.78, 5) is 21.6. The highest BCUT2D eigenvalue weighted by molar-refractivity contribution is 7.22. The Hall–Kier alpha value is -3.15. The largest absolute Gasteiger partial charge is 0.476 e. The third-order valence-electron chi connectivity index (χ3n) is 4.25. The zero-order chi connectivity index (χ0) is 21.1. The van der Waals surface area contributed by atoms with Crippen molar-refractivity contribution in [2.75, 3.05) is 23.4 Å². The molecule has 0 saturated carbocycles. The summed E-state index contributed by atoms with van der Waals surface area (Å²) in [6.07, 6.45) is 0.481. The molecule has 154 valence electrons. The summed E-state index contributed by atoms with van der Waals surface area (Å²) < 4.78 is 1.08. The molecule has 3 aromatic heterocycles. The number of benzene rings is 1. The maximum absolute atomic E-state index is 11.2. The molecular formula is C19H18N6O3S2. The van der Waals surface area contributed by atoms with Crippen LogP contribution in [-0.2, 0) is 0 Å². The fourth-order valence-electron chi connectivity index (χ4n) is 2.78. The molecule has 0 radical (unpaired) electrons. The number of para-hydroxylation sites is 1. The van der Waals surface area contributed by atoms with Crippen molar-refractivity contribution >= 4 is 60.8 Å². The van der Waals surface area contributed by atoms with Gasteiger partial charge in [-0.05, 0) is 37.1 Å². The number of carboxylic acid groups (broad SMARTS) is 1. The average molecular weight is 443 g/mol. The van der Waals surface area contributed by atoms with Crippen molar-refractivity contribution in [2.45, 2.75) is 13.3 Å². The highest BCUT2D eigenvalue weighted by Gasteiger charge is 2.19. The molecule has 0 fully saturated rings. The summed E-state index contributed by atoms with van der Waals surface area (Å²) in [6.45, 7) is 2.34. The number of aliphatic hydroxyl groups is 1. The zero-order valence-corrected chi connectivity index (χ0v) is 17.6. The van der Waals surface area contributed by atoms with Crippen LogP contribution in [0, 0.1) is 6.92 Å². The highest BCUT2D eigenvalue weighted by atomic mass is 32.1. The molecule has 11 heteroatoms. The van der Waals surface area contributed by atoms with Crippen LogP contribution in [0.5, 0.6) is 0 Å². The van der Waals surface area contributed by atoms with Gasteiger partial charge in [0.25, 0.3) is 0 Å². The molecule has 4 aromatic rings. The van der Waals surface area contributed by atoms with E-state index in [0.717, 1.165) is 20.9 Å². The van der Waals surface area contributed by atoms with Gasteiger partial charge in [0.2, 0.25) is 0 Å². The first-order valence-electron chi connectivity index (χ1n) is 9.09. The number of rotatable bonds is 8. The minimum atomic E-state index is -1.09. The number of anilines is 4. The molecule has 0 aliphatic rings. The van der Waals surface area contributed by atoms with E-state index in [4.69, 9.17) is 5.11 Å². The molecule has 0 aliphatic heterocycles. The minimum absolute atomic E-state index is 0.00266. The van der Waals surface area contributed by atoms with Crippen molar-refractivity contribution < 1.29 is 15.0 Å². The van der Waals surface area contributed by atoms with Gasteiger partial charge < -0.3 is 20.4 Å². The molecule has 0 atom stereocenters. The maximum atomic E-state index is 11.2. The van der Waals surface area contributed by atoms with Gasteiger partial charge in [0.05, 0.1) is 10.2 Å². The van der Waals surface area contributed by atoms with E-state index >= 15 is 0 Å². The minimum Gasteiger partial charge on any atom is -0.476 e. The number of carbonyl (C=O) groups is 1. The second-order valence-corrected chi connectivity index (χ2v) is 8.26. The fourth-order valence-corrected chi connectivity index (χ4v) is 4.48. The number of aromatic carboxylic acids is 1. The van der Waals surface area contributed by atoms with Gasteiger partial charge in [-0.15, -0.1) is 21.5 Å². The molecular weight excluding hydrogens is 424 g/mol. The molecule has 0 bridgehead atoms. The first-order valence-corrected chi connectivity index (χ1v) is 10.8. The van der Waals surface area contributed by atoms with Gasteiger partial charge in [-0.2, -0.15) is 0 Å². The van der Waals surface area contributed by atoms with Crippen LogP contribution in [-0.4, -0.2) is 49.5 Å². The number of aliphatic hydroxyl groups excluding tert-OH is 1. The first kappa shape index (κ1) is 20.1. The quantitative estimate of drug-likeness (QED) is 0.373. The van der Waals surface area contributed by atoms with Gasteiger partial charge in [0.1, 0.15) is 0 Å². The number of fused-ring (bicyclic) bond motifs is 1. The Morgan fingerprint density at radius 1 is 1.23 bits per heavy atom. The molecule has 0 amide bonds. The van der Waals surface area contributed by atoms with Gasteiger partial charge in [-0.3, -0.25) is 0 Å². The summed E-state index contributed by atoms with van der Waals surface area (Å²) in [7, 11) is 0. The molecule has 0 unspecified atom stereocenters. The zero-order valence-electron chi connectivity index (χ0n) is 15.9. The lowest BCUT2D eigenvalue weighted by atomic mass is 10.3. The predicted molar refractivity (Wildman–Crippen MR) is 117 cm³/mol. The van der Waals surface area contributed by atoms with Crippen molar-refractivity contribution in [2.24, 2.45) is 0 Å². The van der Waals surface area contributed by atoms with E-state index < -0.39 is 5.97 Å². The van der Waals surface area contributed by atoms with E-state index in [-0.39, 0.29) is 12.3 Å². The molecule has 0 aliphatic carbocycles. The van der Waals surface area contributed by atoms with Crippen molar-refractivity contribution in [1.82, 2.24) is 20.2 Å². The molecule has 3 heterocycles. The normalized spacial score (nSPS) is 11.0. The molecule has 0 saturated heterocycles. The van der Waals surface area contributed by atoms with E-state index in [1.807, 2.05) is 37.3 Å². The van der Waals surface area contributed by atoms with Gasteiger partial charge >= 0.3 is 5.97 Å². The van der Waals surface area contributed by atoms with Crippen LogP contribution in [0.25, 0.3) is 10.2 Å². The van der Waals surface area contributed by atoms with Gasteiger partial charge in [0, 0.05) is 18.5 Å². The van der Waals surface area contributed by atoms with Crippen molar-refractivity contribution in [1.29, 1.82) is 0 Å². The third-order valence-corrected chi connectivity index (χ3v) is 6.06. The molecule has 30 heavy (non-hydrogen) atoms. The lowest BCUT2D eigenvalue weighted by Gasteiger charge is -2.20. The standard InChI is InChI=1S/C19H18N6O3S2/c1-11-9-15(25(7-4-8-26)19-21-13(10-29-19)17(27)28)23-24-16(11)22-18-20-12-5-2-3-6-14(12)30-18/h2-3,5-6,9-10,26H,4,7-8H2,1H3,(H,27,28)(H,20,22,24). The van der Waals surface area contributed by atoms with Gasteiger partial charge in [-0.1, -0.05) is 23.5 Å². The Bertz CT molecular complexity index is 1160. The monoisotopic (exact) mass is 442 g/mol. The van der Waals surface area contributed by atoms with Crippen LogP contribution in [0.2, 0.25) is 0 Å². The Morgan fingerprint density at radius 2 is 2.07 bits per heavy atom. The smallest absolute Gasteiger partial charge is 0.355 e. The second-order valence-electron chi connectivity index (χ2n) is 6.40. The predicted octanol–water partition coefficient (Wildman–Crippen LogP) is 3.81. The number of thiazole rings is 2. The molecule has 0 spiro atoms.